The predicted octanol–water partition coefficient (Wildman–Crippen LogP) is 3.89. The summed E-state index contributed by atoms with van der Waals surface area (Å²) in [6.07, 6.45) is 8.25. The van der Waals surface area contributed by atoms with Crippen molar-refractivity contribution in [2.45, 2.75) is 70.3 Å². The summed E-state index contributed by atoms with van der Waals surface area (Å²) >= 11 is 0. The molecule has 0 radical (unpaired) electrons. The lowest BCUT2D eigenvalue weighted by Crippen LogP contribution is -2.47. The van der Waals surface area contributed by atoms with Crippen LogP contribution in [0.25, 0.3) is 0 Å². The first-order valence-corrected chi connectivity index (χ1v) is 11.8. The SMILES string of the molecule is CC(=O)NC1CCC2(CCN(CCC3CCCN(C(C)=O)C3)CC2)c2ccccc21.[HH]. The molecule has 30 heavy (non-hydrogen) atoms. The maximum absolute atomic E-state index is 11.7. The smallest absolute Gasteiger partial charge is 0.219 e. The van der Waals surface area contributed by atoms with Crippen LogP contribution in [0.2, 0.25) is 0 Å². The summed E-state index contributed by atoms with van der Waals surface area (Å²) in [4.78, 5) is 28.0. The van der Waals surface area contributed by atoms with E-state index in [0.717, 1.165) is 45.6 Å². The molecule has 1 spiro atoms. The van der Waals surface area contributed by atoms with Gasteiger partial charge in [0.2, 0.25) is 11.8 Å². The van der Waals surface area contributed by atoms with Gasteiger partial charge in [-0.05, 0) is 87.0 Å². The Balaban J connectivity index is 0.00000272. The molecule has 2 atom stereocenters. The molecule has 1 aromatic rings. The van der Waals surface area contributed by atoms with Crippen LogP contribution < -0.4 is 5.32 Å². The topological polar surface area (TPSA) is 52.7 Å². The predicted molar refractivity (Wildman–Crippen MR) is 121 cm³/mol. The number of likely N-dealkylation sites (tertiary alicyclic amines) is 2. The summed E-state index contributed by atoms with van der Waals surface area (Å²) in [5.41, 5.74) is 3.08. The minimum Gasteiger partial charge on any atom is -0.350 e. The molecule has 2 aliphatic heterocycles. The third kappa shape index (κ3) is 4.56. The molecular formula is C25H39N3O2. The largest absolute Gasteiger partial charge is 0.350 e. The van der Waals surface area contributed by atoms with Gasteiger partial charge in [0.15, 0.2) is 0 Å². The van der Waals surface area contributed by atoms with Crippen molar-refractivity contribution in [3.05, 3.63) is 35.4 Å². The average molecular weight is 414 g/mol. The van der Waals surface area contributed by atoms with Gasteiger partial charge in [-0.2, -0.15) is 0 Å². The zero-order chi connectivity index (χ0) is 21.1. The van der Waals surface area contributed by atoms with Crippen molar-refractivity contribution >= 4 is 11.8 Å². The summed E-state index contributed by atoms with van der Waals surface area (Å²) in [5, 5.41) is 3.16. The summed E-state index contributed by atoms with van der Waals surface area (Å²) in [7, 11) is 0. The minimum atomic E-state index is 0. The molecule has 4 rings (SSSR count). The summed E-state index contributed by atoms with van der Waals surface area (Å²) < 4.78 is 0. The lowest BCUT2D eigenvalue weighted by atomic mass is 9.63. The first kappa shape index (κ1) is 21.4. The fourth-order valence-electron chi connectivity index (χ4n) is 6.07. The second-order valence-electron chi connectivity index (χ2n) is 9.76. The van der Waals surface area contributed by atoms with Crippen LogP contribution in [0, 0.1) is 5.92 Å². The van der Waals surface area contributed by atoms with Gasteiger partial charge >= 0.3 is 0 Å². The van der Waals surface area contributed by atoms with Crippen molar-refractivity contribution in [1.29, 1.82) is 0 Å². The lowest BCUT2D eigenvalue weighted by molar-refractivity contribution is -0.130. The van der Waals surface area contributed by atoms with Gasteiger partial charge in [0.1, 0.15) is 0 Å². The highest BCUT2D eigenvalue weighted by Gasteiger charge is 2.42. The van der Waals surface area contributed by atoms with E-state index in [0.29, 0.717) is 5.92 Å². The fraction of sp³-hybridized carbons (Fsp3) is 0.680. The molecule has 3 aliphatic rings. The van der Waals surface area contributed by atoms with E-state index in [2.05, 4.69) is 34.5 Å². The van der Waals surface area contributed by atoms with Gasteiger partial charge < -0.3 is 15.1 Å². The fourth-order valence-corrected chi connectivity index (χ4v) is 6.07. The Morgan fingerprint density at radius 2 is 1.87 bits per heavy atom. The van der Waals surface area contributed by atoms with Crippen molar-refractivity contribution < 1.29 is 11.0 Å². The molecule has 2 heterocycles. The highest BCUT2D eigenvalue weighted by atomic mass is 16.2. The number of nitrogens with zero attached hydrogens (tertiary/aromatic N) is 2. The third-order valence-corrected chi connectivity index (χ3v) is 7.83. The number of fused-ring (bicyclic) bond motifs is 2. The van der Waals surface area contributed by atoms with Gasteiger partial charge in [0.05, 0.1) is 6.04 Å². The van der Waals surface area contributed by atoms with Crippen molar-refractivity contribution in [2.24, 2.45) is 5.92 Å². The molecule has 5 nitrogen and oxygen atoms in total. The third-order valence-electron chi connectivity index (χ3n) is 7.83. The molecule has 2 saturated heterocycles. The van der Waals surface area contributed by atoms with E-state index < -0.39 is 0 Å². The zero-order valence-electron chi connectivity index (χ0n) is 18.7. The van der Waals surface area contributed by atoms with Crippen molar-refractivity contribution in [1.82, 2.24) is 15.1 Å². The highest BCUT2D eigenvalue weighted by molar-refractivity contribution is 5.74. The molecule has 2 amide bonds. The zero-order valence-corrected chi connectivity index (χ0v) is 18.7. The molecule has 1 N–H and O–H groups in total. The Bertz CT molecular complexity index is 776. The van der Waals surface area contributed by atoms with Crippen LogP contribution in [0.5, 0.6) is 0 Å². The van der Waals surface area contributed by atoms with Gasteiger partial charge in [0, 0.05) is 28.4 Å². The molecule has 5 heteroatoms. The van der Waals surface area contributed by atoms with E-state index in [1.54, 1.807) is 13.8 Å². The van der Waals surface area contributed by atoms with Gasteiger partial charge in [-0.3, -0.25) is 9.59 Å². The maximum atomic E-state index is 11.7. The molecule has 1 aliphatic carbocycles. The Morgan fingerprint density at radius 1 is 1.10 bits per heavy atom. The van der Waals surface area contributed by atoms with E-state index in [1.165, 1.54) is 43.2 Å². The van der Waals surface area contributed by atoms with Gasteiger partial charge in [-0.25, -0.2) is 0 Å². The number of rotatable bonds is 4. The first-order chi connectivity index (χ1) is 14.5. The molecule has 166 valence electrons. The number of hydrogen-bond acceptors (Lipinski definition) is 3. The van der Waals surface area contributed by atoms with Crippen LogP contribution in [-0.4, -0.2) is 54.3 Å². The van der Waals surface area contributed by atoms with Crippen LogP contribution in [0.1, 0.15) is 77.4 Å². The number of amides is 2. The van der Waals surface area contributed by atoms with Crippen molar-refractivity contribution in [3.8, 4) is 0 Å². The van der Waals surface area contributed by atoms with Crippen LogP contribution >= 0.6 is 0 Å². The Morgan fingerprint density at radius 3 is 2.60 bits per heavy atom. The van der Waals surface area contributed by atoms with E-state index in [-0.39, 0.29) is 24.7 Å². The summed E-state index contributed by atoms with van der Waals surface area (Å²) in [6.45, 7) is 8.67. The molecule has 2 fully saturated rings. The van der Waals surface area contributed by atoms with Crippen LogP contribution in [-0.2, 0) is 15.0 Å². The van der Waals surface area contributed by atoms with Gasteiger partial charge in [-0.1, -0.05) is 24.3 Å². The number of hydrogen-bond donors (Lipinski definition) is 1. The molecule has 0 saturated carbocycles. The number of benzene rings is 1. The summed E-state index contributed by atoms with van der Waals surface area (Å²) in [5.74, 6) is 0.951. The normalized spacial score (nSPS) is 26.3. The van der Waals surface area contributed by atoms with Crippen LogP contribution in [0.3, 0.4) is 0 Å². The molecule has 0 bridgehead atoms. The second-order valence-corrected chi connectivity index (χ2v) is 9.76. The number of carbonyl (C=O) groups is 2. The van der Waals surface area contributed by atoms with E-state index in [4.69, 9.17) is 0 Å². The van der Waals surface area contributed by atoms with Crippen molar-refractivity contribution in [3.63, 3.8) is 0 Å². The minimum absolute atomic E-state index is 0. The standard InChI is InChI=1S/C25H37N3O2.H2/c1-19(29)26-24-9-11-25(23-8-4-3-7-22(23)24)12-16-27(17-13-25)15-10-21-6-5-14-28(18-21)20(2)30;/h3-4,7-8,21,24H,5-6,9-18H2,1-2H3,(H,26,29);1H. The lowest BCUT2D eigenvalue weighted by Gasteiger charge is -2.47. The van der Waals surface area contributed by atoms with Gasteiger partial charge in [-0.15, -0.1) is 0 Å². The van der Waals surface area contributed by atoms with Crippen LogP contribution in [0.15, 0.2) is 24.3 Å². The number of carbonyl (C=O) groups excluding carboxylic acids is 2. The molecule has 0 aromatic heterocycles. The van der Waals surface area contributed by atoms with E-state index in [9.17, 15) is 9.59 Å². The van der Waals surface area contributed by atoms with E-state index >= 15 is 0 Å². The average Bonchev–Trinajstić information content (AvgIpc) is 2.75. The number of nitrogens with one attached hydrogen (secondary N) is 1. The van der Waals surface area contributed by atoms with Crippen molar-refractivity contribution in [2.75, 3.05) is 32.7 Å². The first-order valence-electron chi connectivity index (χ1n) is 11.8. The molecular weight excluding hydrogens is 374 g/mol. The molecule has 1 aromatic carbocycles. The Kier molecular flexibility index (Phi) is 6.47. The summed E-state index contributed by atoms with van der Waals surface area (Å²) in [6, 6.07) is 8.95. The highest BCUT2D eigenvalue weighted by Crippen LogP contribution is 2.47. The van der Waals surface area contributed by atoms with E-state index in [1.807, 2.05) is 4.90 Å². The van der Waals surface area contributed by atoms with Crippen LogP contribution in [0.4, 0.5) is 0 Å². The maximum Gasteiger partial charge on any atom is 0.219 e. The Labute approximate surface area is 182 Å². The molecule has 2 unspecified atom stereocenters. The van der Waals surface area contributed by atoms with Gasteiger partial charge in [0.25, 0.3) is 0 Å². The monoisotopic (exact) mass is 413 g/mol. The Hall–Kier alpha value is -1.88. The quantitative estimate of drug-likeness (QED) is 0.815. The number of piperidine rings is 2. The second kappa shape index (κ2) is 9.09.